The van der Waals surface area contributed by atoms with Crippen molar-refractivity contribution >= 4 is 0 Å². The first-order valence-corrected chi connectivity index (χ1v) is 6.59. The van der Waals surface area contributed by atoms with Gasteiger partial charge in [0.2, 0.25) is 0 Å². The van der Waals surface area contributed by atoms with Crippen LogP contribution in [0.2, 0.25) is 0 Å². The molecule has 1 rings (SSSR count). The van der Waals surface area contributed by atoms with E-state index in [1.807, 2.05) is 0 Å². The predicted molar refractivity (Wildman–Crippen MR) is 65.1 cm³/mol. The van der Waals surface area contributed by atoms with Gasteiger partial charge in [-0.05, 0) is 18.9 Å². The van der Waals surface area contributed by atoms with Crippen LogP contribution in [0.4, 0.5) is 0 Å². The molecular weight excluding hydrogens is 186 g/mol. The molecule has 0 spiro atoms. The minimum atomic E-state index is 0.572. The molecule has 0 saturated heterocycles. The first kappa shape index (κ1) is 13.0. The molecule has 2 heteroatoms. The lowest BCUT2D eigenvalue weighted by Gasteiger charge is -2.22. The number of ether oxygens (including phenoxy) is 1. The van der Waals surface area contributed by atoms with Crippen LogP contribution < -0.4 is 5.32 Å². The second-order valence-electron chi connectivity index (χ2n) is 4.80. The SMILES string of the molecule is CCNC(COC)CC1CCCCCC1. The molecule has 0 aliphatic heterocycles. The average Bonchev–Trinajstić information content (AvgIpc) is 2.47. The van der Waals surface area contributed by atoms with Gasteiger partial charge in [0.05, 0.1) is 6.61 Å². The van der Waals surface area contributed by atoms with Crippen molar-refractivity contribution in [3.8, 4) is 0 Å². The van der Waals surface area contributed by atoms with Crippen molar-refractivity contribution in [2.45, 2.75) is 57.9 Å². The first-order chi connectivity index (χ1) is 7.36. The molecule has 1 aliphatic carbocycles. The predicted octanol–water partition coefficient (Wildman–Crippen LogP) is 2.97. The lowest BCUT2D eigenvalue weighted by Crippen LogP contribution is -2.34. The van der Waals surface area contributed by atoms with Crippen LogP contribution in [0.1, 0.15) is 51.9 Å². The molecule has 1 fully saturated rings. The fourth-order valence-corrected chi connectivity index (χ4v) is 2.70. The summed E-state index contributed by atoms with van der Waals surface area (Å²) in [5.74, 6) is 0.937. The van der Waals surface area contributed by atoms with E-state index in [-0.39, 0.29) is 0 Å². The molecule has 0 amide bonds. The molecule has 1 atom stereocenters. The monoisotopic (exact) mass is 213 g/mol. The maximum Gasteiger partial charge on any atom is 0.0615 e. The molecular formula is C13H27NO. The maximum absolute atomic E-state index is 5.27. The summed E-state index contributed by atoms with van der Waals surface area (Å²) in [6.45, 7) is 4.10. The van der Waals surface area contributed by atoms with Crippen molar-refractivity contribution < 1.29 is 4.74 Å². The van der Waals surface area contributed by atoms with Crippen LogP contribution in [0, 0.1) is 5.92 Å². The third-order valence-electron chi connectivity index (χ3n) is 3.45. The Kier molecular flexibility index (Phi) is 7.03. The summed E-state index contributed by atoms with van der Waals surface area (Å²) in [6, 6.07) is 0.572. The van der Waals surface area contributed by atoms with E-state index in [0.29, 0.717) is 6.04 Å². The van der Waals surface area contributed by atoms with Crippen LogP contribution in [0.15, 0.2) is 0 Å². The van der Waals surface area contributed by atoms with E-state index < -0.39 is 0 Å². The summed E-state index contributed by atoms with van der Waals surface area (Å²) >= 11 is 0. The van der Waals surface area contributed by atoms with Gasteiger partial charge in [-0.15, -0.1) is 0 Å². The summed E-state index contributed by atoms with van der Waals surface area (Å²) in [7, 11) is 1.80. The third kappa shape index (κ3) is 5.53. The third-order valence-corrected chi connectivity index (χ3v) is 3.45. The van der Waals surface area contributed by atoms with Gasteiger partial charge in [0.25, 0.3) is 0 Å². The minimum Gasteiger partial charge on any atom is -0.383 e. The molecule has 1 N–H and O–H groups in total. The Morgan fingerprint density at radius 2 is 1.87 bits per heavy atom. The summed E-state index contributed by atoms with van der Waals surface area (Å²) in [5.41, 5.74) is 0. The van der Waals surface area contributed by atoms with E-state index in [9.17, 15) is 0 Å². The van der Waals surface area contributed by atoms with Crippen molar-refractivity contribution in [3.63, 3.8) is 0 Å². The number of hydrogen-bond donors (Lipinski definition) is 1. The van der Waals surface area contributed by atoms with Gasteiger partial charge in [-0.2, -0.15) is 0 Å². The highest BCUT2D eigenvalue weighted by Gasteiger charge is 2.17. The Balaban J connectivity index is 2.27. The minimum absolute atomic E-state index is 0.572. The number of likely N-dealkylation sites (N-methyl/N-ethyl adjacent to an activating group) is 1. The molecule has 90 valence electrons. The molecule has 0 aromatic carbocycles. The maximum atomic E-state index is 5.27. The molecule has 2 nitrogen and oxygen atoms in total. The summed E-state index contributed by atoms with van der Waals surface area (Å²) in [4.78, 5) is 0. The molecule has 1 saturated carbocycles. The van der Waals surface area contributed by atoms with Crippen molar-refractivity contribution in [1.29, 1.82) is 0 Å². The second-order valence-corrected chi connectivity index (χ2v) is 4.80. The van der Waals surface area contributed by atoms with Crippen LogP contribution in [-0.4, -0.2) is 26.3 Å². The lowest BCUT2D eigenvalue weighted by atomic mass is 9.93. The summed E-state index contributed by atoms with van der Waals surface area (Å²) in [6.07, 6.45) is 9.96. The largest absolute Gasteiger partial charge is 0.383 e. The summed E-state index contributed by atoms with van der Waals surface area (Å²) in [5, 5.41) is 3.53. The Hall–Kier alpha value is -0.0800. The van der Waals surface area contributed by atoms with Gasteiger partial charge >= 0.3 is 0 Å². The van der Waals surface area contributed by atoms with Crippen LogP contribution >= 0.6 is 0 Å². The zero-order valence-corrected chi connectivity index (χ0v) is 10.4. The molecule has 0 aromatic heterocycles. The van der Waals surface area contributed by atoms with E-state index in [0.717, 1.165) is 19.1 Å². The lowest BCUT2D eigenvalue weighted by molar-refractivity contribution is 0.152. The smallest absolute Gasteiger partial charge is 0.0615 e. The van der Waals surface area contributed by atoms with Gasteiger partial charge in [0.15, 0.2) is 0 Å². The molecule has 0 aromatic rings. The second kappa shape index (κ2) is 8.12. The van der Waals surface area contributed by atoms with Crippen molar-refractivity contribution in [2.24, 2.45) is 5.92 Å². The zero-order valence-electron chi connectivity index (χ0n) is 10.4. The first-order valence-electron chi connectivity index (χ1n) is 6.59. The van der Waals surface area contributed by atoms with Gasteiger partial charge < -0.3 is 10.1 Å². The van der Waals surface area contributed by atoms with Crippen LogP contribution in [0.5, 0.6) is 0 Å². The van der Waals surface area contributed by atoms with E-state index in [2.05, 4.69) is 12.2 Å². The van der Waals surface area contributed by atoms with Crippen LogP contribution in [0.3, 0.4) is 0 Å². The zero-order chi connectivity index (χ0) is 10.9. The van der Waals surface area contributed by atoms with E-state index in [1.54, 1.807) is 7.11 Å². The number of methoxy groups -OCH3 is 1. The van der Waals surface area contributed by atoms with Gasteiger partial charge in [-0.3, -0.25) is 0 Å². The van der Waals surface area contributed by atoms with E-state index >= 15 is 0 Å². The van der Waals surface area contributed by atoms with Crippen molar-refractivity contribution in [3.05, 3.63) is 0 Å². The Bertz CT molecular complexity index is 135. The fraction of sp³-hybridized carbons (Fsp3) is 1.00. The Morgan fingerprint density at radius 1 is 1.20 bits per heavy atom. The molecule has 0 bridgehead atoms. The molecule has 0 heterocycles. The van der Waals surface area contributed by atoms with E-state index in [4.69, 9.17) is 4.74 Å². The average molecular weight is 213 g/mol. The van der Waals surface area contributed by atoms with E-state index in [1.165, 1.54) is 44.9 Å². The Morgan fingerprint density at radius 3 is 2.40 bits per heavy atom. The topological polar surface area (TPSA) is 21.3 Å². The fourth-order valence-electron chi connectivity index (χ4n) is 2.70. The summed E-state index contributed by atoms with van der Waals surface area (Å²) < 4.78 is 5.27. The molecule has 15 heavy (non-hydrogen) atoms. The Labute approximate surface area is 94.8 Å². The number of rotatable bonds is 6. The normalized spacial score (nSPS) is 21.2. The van der Waals surface area contributed by atoms with Gasteiger partial charge in [0, 0.05) is 13.2 Å². The van der Waals surface area contributed by atoms with Gasteiger partial charge in [-0.25, -0.2) is 0 Å². The van der Waals surface area contributed by atoms with Crippen LogP contribution in [-0.2, 0) is 4.74 Å². The molecule has 0 radical (unpaired) electrons. The standard InChI is InChI=1S/C13H27NO/c1-3-14-13(11-15-2)10-12-8-6-4-5-7-9-12/h12-14H,3-11H2,1-2H3. The number of hydrogen-bond acceptors (Lipinski definition) is 2. The highest BCUT2D eigenvalue weighted by atomic mass is 16.5. The molecule has 1 unspecified atom stereocenters. The van der Waals surface area contributed by atoms with Crippen LogP contribution in [0.25, 0.3) is 0 Å². The van der Waals surface area contributed by atoms with Gasteiger partial charge in [0.1, 0.15) is 0 Å². The quantitative estimate of drug-likeness (QED) is 0.685. The van der Waals surface area contributed by atoms with Gasteiger partial charge in [-0.1, -0.05) is 45.4 Å². The highest BCUT2D eigenvalue weighted by molar-refractivity contribution is 4.73. The molecule has 1 aliphatic rings. The number of nitrogens with one attached hydrogen (secondary N) is 1. The highest BCUT2D eigenvalue weighted by Crippen LogP contribution is 2.26. The van der Waals surface area contributed by atoms with Crippen molar-refractivity contribution in [2.75, 3.05) is 20.3 Å². The van der Waals surface area contributed by atoms with Crippen molar-refractivity contribution in [1.82, 2.24) is 5.32 Å².